The summed E-state index contributed by atoms with van der Waals surface area (Å²) in [5.74, 6) is 2.24. The van der Waals surface area contributed by atoms with Gasteiger partial charge in [0.25, 0.3) is 5.56 Å². The molecule has 0 aliphatic rings. The van der Waals surface area contributed by atoms with E-state index in [9.17, 15) is 4.79 Å². The Morgan fingerprint density at radius 1 is 1.16 bits per heavy atom. The lowest BCUT2D eigenvalue weighted by Gasteiger charge is -2.14. The van der Waals surface area contributed by atoms with Gasteiger partial charge in [0.1, 0.15) is 34.7 Å². The molecule has 0 radical (unpaired) electrons. The van der Waals surface area contributed by atoms with Crippen LogP contribution in [0.5, 0.6) is 5.88 Å². The number of ether oxygens (including phenoxy) is 1. The van der Waals surface area contributed by atoms with Gasteiger partial charge in [-0.2, -0.15) is 4.98 Å². The Morgan fingerprint density at radius 3 is 2.69 bits per heavy atom. The first kappa shape index (κ1) is 21.9. The zero-order valence-corrected chi connectivity index (χ0v) is 19.8. The molecule has 0 saturated heterocycles. The van der Waals surface area contributed by atoms with E-state index in [2.05, 4.69) is 49.7 Å². The molecule has 0 bridgehead atoms. The number of nitrogens with zero attached hydrogens (tertiary/aromatic N) is 5. The van der Waals surface area contributed by atoms with Gasteiger partial charge >= 0.3 is 0 Å². The molecule has 0 fully saturated rings. The van der Waals surface area contributed by atoms with E-state index in [1.807, 2.05) is 30.3 Å². The van der Waals surface area contributed by atoms with Crippen LogP contribution in [-0.4, -0.2) is 24.5 Å². The van der Waals surface area contributed by atoms with E-state index in [0.717, 1.165) is 17.1 Å². The minimum Gasteiger partial charge on any atom is -0.470 e. The van der Waals surface area contributed by atoms with Gasteiger partial charge in [-0.1, -0.05) is 26.0 Å². The fourth-order valence-corrected chi connectivity index (χ4v) is 3.60. The highest BCUT2D eigenvalue weighted by molar-refractivity contribution is 9.10. The average Bonchev–Trinajstić information content (AvgIpc) is 3.20. The molecule has 0 N–H and O–H groups in total. The molecule has 0 unspecified atom stereocenters. The molecular weight excluding hydrogens is 474 g/mol. The predicted molar refractivity (Wildman–Crippen MR) is 123 cm³/mol. The minimum absolute atomic E-state index is 0.146. The molecule has 0 atom stereocenters. The fraction of sp³-hybridized carbons (Fsp3) is 0.261. The number of rotatable bonds is 6. The van der Waals surface area contributed by atoms with Crippen LogP contribution in [0.15, 0.2) is 56.5 Å². The number of hydrogen-bond acceptors (Lipinski definition) is 7. The lowest BCUT2D eigenvalue weighted by Crippen LogP contribution is -2.23. The summed E-state index contributed by atoms with van der Waals surface area (Å²) < 4.78 is 12.7. The molecular formula is C23H22BrN5O3. The molecule has 0 saturated carbocycles. The summed E-state index contributed by atoms with van der Waals surface area (Å²) in [6.45, 7) is 7.76. The van der Waals surface area contributed by atoms with Crippen LogP contribution < -0.4 is 10.3 Å². The van der Waals surface area contributed by atoms with Crippen LogP contribution >= 0.6 is 15.9 Å². The molecule has 32 heavy (non-hydrogen) atoms. The summed E-state index contributed by atoms with van der Waals surface area (Å²) in [6, 6.07) is 9.47. The third-order valence-corrected chi connectivity index (χ3v) is 5.46. The molecule has 0 aliphatic heterocycles. The molecule has 0 aliphatic carbocycles. The first-order valence-corrected chi connectivity index (χ1v) is 10.9. The number of benzene rings is 1. The highest BCUT2D eigenvalue weighted by Crippen LogP contribution is 2.24. The van der Waals surface area contributed by atoms with Crippen molar-refractivity contribution in [1.82, 2.24) is 24.5 Å². The largest absolute Gasteiger partial charge is 0.470 e. The highest BCUT2D eigenvalue weighted by Gasteiger charge is 2.16. The van der Waals surface area contributed by atoms with Gasteiger partial charge in [-0.25, -0.2) is 15.0 Å². The van der Waals surface area contributed by atoms with Gasteiger partial charge in [0.2, 0.25) is 5.88 Å². The minimum atomic E-state index is -0.272. The van der Waals surface area contributed by atoms with Crippen molar-refractivity contribution in [3.05, 3.63) is 80.9 Å². The van der Waals surface area contributed by atoms with Crippen LogP contribution in [0.25, 0.3) is 16.9 Å². The van der Waals surface area contributed by atoms with Gasteiger partial charge in [-0.05, 0) is 41.1 Å². The number of oxazole rings is 1. The highest BCUT2D eigenvalue weighted by atomic mass is 79.9. The van der Waals surface area contributed by atoms with Gasteiger partial charge in [0, 0.05) is 24.6 Å². The van der Waals surface area contributed by atoms with Crippen LogP contribution in [0.1, 0.15) is 43.0 Å². The standard InChI is InChI=1S/C23H22BrN5O3/c1-13(2)21-25-9-8-19(28-21)16-6-5-7-18(10-16)29-14(3)26-22(20(24)23(29)30)32-12-17-11-31-15(4)27-17/h5-11,13H,12H2,1-4H3. The zero-order valence-electron chi connectivity index (χ0n) is 18.2. The Kier molecular flexibility index (Phi) is 6.18. The summed E-state index contributed by atoms with van der Waals surface area (Å²) >= 11 is 3.34. The molecule has 8 nitrogen and oxygen atoms in total. The van der Waals surface area contributed by atoms with Crippen molar-refractivity contribution in [2.24, 2.45) is 0 Å². The summed E-state index contributed by atoms with van der Waals surface area (Å²) in [6.07, 6.45) is 3.27. The maximum absolute atomic E-state index is 13.2. The quantitative estimate of drug-likeness (QED) is 0.380. The van der Waals surface area contributed by atoms with E-state index in [-0.39, 0.29) is 28.4 Å². The molecule has 1 aromatic carbocycles. The van der Waals surface area contributed by atoms with Crippen LogP contribution in [0.3, 0.4) is 0 Å². The van der Waals surface area contributed by atoms with Crippen molar-refractivity contribution in [2.75, 3.05) is 0 Å². The Bertz CT molecular complexity index is 1330. The van der Waals surface area contributed by atoms with Crippen molar-refractivity contribution < 1.29 is 9.15 Å². The normalized spacial score (nSPS) is 11.2. The van der Waals surface area contributed by atoms with Crippen LogP contribution in [0, 0.1) is 13.8 Å². The number of aryl methyl sites for hydroxylation is 2. The predicted octanol–water partition coefficient (Wildman–Crippen LogP) is 4.76. The van der Waals surface area contributed by atoms with Crippen LogP contribution in [-0.2, 0) is 6.61 Å². The van der Waals surface area contributed by atoms with E-state index in [1.165, 1.54) is 10.8 Å². The fourth-order valence-electron chi connectivity index (χ4n) is 3.22. The molecule has 9 heteroatoms. The lowest BCUT2D eigenvalue weighted by atomic mass is 10.1. The number of aromatic nitrogens is 5. The molecule has 0 amide bonds. The first-order valence-electron chi connectivity index (χ1n) is 10.1. The zero-order chi connectivity index (χ0) is 22.8. The molecule has 0 spiro atoms. The maximum atomic E-state index is 13.2. The Morgan fingerprint density at radius 2 is 1.97 bits per heavy atom. The third kappa shape index (κ3) is 4.47. The van der Waals surface area contributed by atoms with E-state index >= 15 is 0 Å². The van der Waals surface area contributed by atoms with Crippen molar-refractivity contribution in [3.63, 3.8) is 0 Å². The Labute approximate surface area is 193 Å². The van der Waals surface area contributed by atoms with Gasteiger partial charge < -0.3 is 9.15 Å². The second kappa shape index (κ2) is 9.04. The van der Waals surface area contributed by atoms with Crippen molar-refractivity contribution in [2.45, 2.75) is 40.2 Å². The number of halogens is 1. The van der Waals surface area contributed by atoms with Crippen molar-refractivity contribution >= 4 is 15.9 Å². The Hall–Kier alpha value is -3.33. The lowest BCUT2D eigenvalue weighted by molar-refractivity contribution is 0.284. The second-order valence-corrected chi connectivity index (χ2v) is 8.36. The average molecular weight is 496 g/mol. The smallest absolute Gasteiger partial charge is 0.276 e. The molecule has 164 valence electrons. The van der Waals surface area contributed by atoms with E-state index < -0.39 is 0 Å². The summed E-state index contributed by atoms with van der Waals surface area (Å²) in [7, 11) is 0. The molecule has 4 aromatic rings. The SMILES string of the molecule is Cc1nc(COc2nc(C)n(-c3cccc(-c4ccnc(C(C)C)n4)c3)c(=O)c2Br)co1. The summed E-state index contributed by atoms with van der Waals surface area (Å²) in [4.78, 5) is 30.8. The van der Waals surface area contributed by atoms with Gasteiger partial charge in [-0.3, -0.25) is 9.36 Å². The van der Waals surface area contributed by atoms with Crippen molar-refractivity contribution in [1.29, 1.82) is 0 Å². The summed E-state index contributed by atoms with van der Waals surface area (Å²) in [5.41, 5.74) is 2.71. The van der Waals surface area contributed by atoms with Crippen molar-refractivity contribution in [3.8, 4) is 22.8 Å². The van der Waals surface area contributed by atoms with Gasteiger partial charge in [0.15, 0.2) is 5.89 Å². The topological polar surface area (TPSA) is 95.9 Å². The van der Waals surface area contributed by atoms with E-state index in [1.54, 1.807) is 20.0 Å². The monoisotopic (exact) mass is 495 g/mol. The van der Waals surface area contributed by atoms with Gasteiger partial charge in [0.05, 0.1) is 11.4 Å². The second-order valence-electron chi connectivity index (χ2n) is 7.57. The van der Waals surface area contributed by atoms with E-state index in [0.29, 0.717) is 23.1 Å². The van der Waals surface area contributed by atoms with Crippen LogP contribution in [0.4, 0.5) is 0 Å². The summed E-state index contributed by atoms with van der Waals surface area (Å²) in [5, 5.41) is 0. The van der Waals surface area contributed by atoms with Crippen LogP contribution in [0.2, 0.25) is 0 Å². The van der Waals surface area contributed by atoms with Gasteiger partial charge in [-0.15, -0.1) is 0 Å². The maximum Gasteiger partial charge on any atom is 0.276 e. The van der Waals surface area contributed by atoms with E-state index in [4.69, 9.17) is 9.15 Å². The number of hydrogen-bond donors (Lipinski definition) is 0. The third-order valence-electron chi connectivity index (χ3n) is 4.78. The first-order chi connectivity index (χ1) is 15.3. The Balaban J connectivity index is 1.68. The molecule has 3 aromatic heterocycles. The molecule has 3 heterocycles. The molecule has 4 rings (SSSR count).